The van der Waals surface area contributed by atoms with Gasteiger partial charge in [0.25, 0.3) is 17.7 Å². The number of hydrogen-bond donors (Lipinski definition) is 3. The molecule has 0 saturated heterocycles. The highest BCUT2D eigenvalue weighted by Crippen LogP contribution is 2.37. The zero-order valence-corrected chi connectivity index (χ0v) is 28.4. The second kappa shape index (κ2) is 14.6. The first-order chi connectivity index (χ1) is 24.0. The van der Waals surface area contributed by atoms with Crippen molar-refractivity contribution in [2.24, 2.45) is 10.2 Å². The number of nitrogens with one attached hydrogen (secondary N) is 3. The average molecular weight is 745 g/mol. The third kappa shape index (κ3) is 7.15. The Bertz CT molecular complexity index is 2200. The highest BCUT2D eigenvalue weighted by molar-refractivity contribution is 6.38. The molecule has 0 radical (unpaired) electrons. The van der Waals surface area contributed by atoms with Crippen LogP contribution in [0.3, 0.4) is 0 Å². The fraction of sp³-hybridized carbons (Fsp3) is 0.0278. The first-order valence-electron chi connectivity index (χ1n) is 14.7. The number of benzene rings is 5. The van der Waals surface area contributed by atoms with Crippen molar-refractivity contribution in [2.75, 3.05) is 16.0 Å². The van der Waals surface area contributed by atoms with Gasteiger partial charge in [-0.15, -0.1) is 0 Å². The molecule has 0 heterocycles. The molecule has 0 fully saturated rings. The summed E-state index contributed by atoms with van der Waals surface area (Å²) in [7, 11) is 0. The predicted molar refractivity (Wildman–Crippen MR) is 193 cm³/mol. The first kappa shape index (κ1) is 34.5. The van der Waals surface area contributed by atoms with Crippen LogP contribution >= 0.6 is 46.4 Å². The maximum Gasteiger partial charge on any atom is 0.260 e. The summed E-state index contributed by atoms with van der Waals surface area (Å²) < 4.78 is 0. The molecule has 50 heavy (non-hydrogen) atoms. The summed E-state index contributed by atoms with van der Waals surface area (Å²) in [6.07, 6.45) is 0. The lowest BCUT2D eigenvalue weighted by atomic mass is 9.82. The number of anilines is 3. The molecule has 0 saturated carbocycles. The molecule has 6 rings (SSSR count). The van der Waals surface area contributed by atoms with Crippen molar-refractivity contribution >= 4 is 98.4 Å². The quantitative estimate of drug-likeness (QED) is 0.105. The molecule has 1 aliphatic rings. The van der Waals surface area contributed by atoms with E-state index in [0.717, 1.165) is 0 Å². The number of carbonyl (C=O) groups excluding carboxylic acids is 5. The minimum absolute atomic E-state index is 0.00768. The van der Waals surface area contributed by atoms with Crippen LogP contribution in [-0.2, 0) is 9.59 Å². The Hall–Kier alpha value is -5.39. The molecule has 3 amide bonds. The summed E-state index contributed by atoms with van der Waals surface area (Å²) in [5.74, 6) is -3.45. The van der Waals surface area contributed by atoms with E-state index in [0.29, 0.717) is 15.6 Å². The summed E-state index contributed by atoms with van der Waals surface area (Å²) in [4.78, 5) is 67.7. The van der Waals surface area contributed by atoms with Gasteiger partial charge >= 0.3 is 0 Å². The van der Waals surface area contributed by atoms with Gasteiger partial charge in [-0.05, 0) is 60.7 Å². The van der Waals surface area contributed by atoms with E-state index >= 15 is 0 Å². The number of rotatable bonds is 8. The van der Waals surface area contributed by atoms with Gasteiger partial charge < -0.3 is 16.0 Å². The minimum atomic E-state index is -1.84. The molecule has 248 valence electrons. The zero-order valence-electron chi connectivity index (χ0n) is 25.3. The molecule has 10 nitrogen and oxygen atoms in total. The topological polar surface area (TPSA) is 146 Å². The number of azo groups is 1. The predicted octanol–water partition coefficient (Wildman–Crippen LogP) is 9.06. The standard InChI is InChI=1S/C36H21Cl4N5O5/c37-19-12-14-25(23(39)16-19)41-35(49)31(36(50)42-26-15-13-20(38)17-24(26)40)45-44-28-11-5-9-22-30(28)33(47)21-8-4-10-27(29(21)32(22)46)43-34(48)18-6-2-1-3-7-18/h1-17,31H,(H,41,49)(H,42,50)(H,43,48). The Morgan fingerprint density at radius 2 is 1.10 bits per heavy atom. The number of ketones is 2. The van der Waals surface area contributed by atoms with Gasteiger partial charge in [0, 0.05) is 26.7 Å². The molecule has 0 aliphatic heterocycles. The van der Waals surface area contributed by atoms with Gasteiger partial charge in [-0.25, -0.2) is 0 Å². The molecule has 0 aromatic heterocycles. The van der Waals surface area contributed by atoms with Gasteiger partial charge in [-0.1, -0.05) is 88.9 Å². The molecular weight excluding hydrogens is 724 g/mol. The second-order valence-corrected chi connectivity index (χ2v) is 12.4. The molecule has 5 aromatic carbocycles. The summed E-state index contributed by atoms with van der Waals surface area (Å²) in [6.45, 7) is 0. The van der Waals surface area contributed by atoms with Crippen LogP contribution in [0.5, 0.6) is 0 Å². The van der Waals surface area contributed by atoms with E-state index in [1.54, 1.807) is 30.3 Å². The van der Waals surface area contributed by atoms with E-state index in [1.165, 1.54) is 72.8 Å². The highest BCUT2D eigenvalue weighted by atomic mass is 35.5. The zero-order chi connectivity index (χ0) is 35.5. The van der Waals surface area contributed by atoms with E-state index in [9.17, 15) is 24.0 Å². The number of amides is 3. The van der Waals surface area contributed by atoms with Crippen molar-refractivity contribution < 1.29 is 24.0 Å². The van der Waals surface area contributed by atoms with Gasteiger partial charge in [-0.2, -0.15) is 10.2 Å². The molecular formula is C36H21Cl4N5O5. The Kier molecular flexibility index (Phi) is 10.1. The lowest BCUT2D eigenvalue weighted by Crippen LogP contribution is -2.37. The lowest BCUT2D eigenvalue weighted by molar-refractivity contribution is -0.125. The van der Waals surface area contributed by atoms with E-state index in [1.807, 2.05) is 0 Å². The summed E-state index contributed by atoms with van der Waals surface area (Å²) in [5.41, 5.74) is 0.659. The molecule has 0 bridgehead atoms. The van der Waals surface area contributed by atoms with Crippen molar-refractivity contribution in [2.45, 2.75) is 6.04 Å². The molecule has 5 aromatic rings. The van der Waals surface area contributed by atoms with Crippen LogP contribution in [0.15, 0.2) is 113 Å². The summed E-state index contributed by atoms with van der Waals surface area (Å²) in [6, 6.07) is 24.1. The lowest BCUT2D eigenvalue weighted by Gasteiger charge is -2.21. The molecule has 0 unspecified atom stereocenters. The van der Waals surface area contributed by atoms with Crippen LogP contribution in [0.4, 0.5) is 22.7 Å². The Morgan fingerprint density at radius 1 is 0.560 bits per heavy atom. The van der Waals surface area contributed by atoms with Crippen molar-refractivity contribution in [3.8, 4) is 0 Å². The van der Waals surface area contributed by atoms with E-state index < -0.39 is 35.3 Å². The fourth-order valence-electron chi connectivity index (χ4n) is 5.12. The summed E-state index contributed by atoms with van der Waals surface area (Å²) in [5, 5.41) is 16.8. The van der Waals surface area contributed by atoms with Crippen LogP contribution in [0.1, 0.15) is 42.2 Å². The molecule has 0 spiro atoms. The van der Waals surface area contributed by atoms with Crippen molar-refractivity contribution in [3.63, 3.8) is 0 Å². The SMILES string of the molecule is O=C(Nc1cccc2c1C(=O)c1cccc(N=NC(C(=O)Nc3ccc(Cl)cc3Cl)C(=O)Nc3ccc(Cl)cc3Cl)c1C2=O)c1ccccc1. The first-order valence-corrected chi connectivity index (χ1v) is 16.2. The number of halogens is 4. The van der Waals surface area contributed by atoms with Crippen molar-refractivity contribution in [3.05, 3.63) is 151 Å². The number of carbonyl (C=O) groups is 5. The Balaban J connectivity index is 1.34. The Morgan fingerprint density at radius 3 is 1.68 bits per heavy atom. The van der Waals surface area contributed by atoms with Crippen LogP contribution in [0.2, 0.25) is 20.1 Å². The smallest absolute Gasteiger partial charge is 0.260 e. The third-order valence-corrected chi connectivity index (χ3v) is 8.59. The van der Waals surface area contributed by atoms with E-state index in [2.05, 4.69) is 26.2 Å². The van der Waals surface area contributed by atoms with Crippen LogP contribution in [0.25, 0.3) is 0 Å². The highest BCUT2D eigenvalue weighted by Gasteiger charge is 2.35. The normalized spacial score (nSPS) is 12.0. The van der Waals surface area contributed by atoms with Gasteiger partial charge in [0.2, 0.25) is 6.04 Å². The van der Waals surface area contributed by atoms with Crippen molar-refractivity contribution in [1.29, 1.82) is 0 Å². The van der Waals surface area contributed by atoms with E-state index in [-0.39, 0.29) is 55.0 Å². The Labute approximate surface area is 304 Å². The maximum absolute atomic E-state index is 13.9. The summed E-state index contributed by atoms with van der Waals surface area (Å²) >= 11 is 24.4. The van der Waals surface area contributed by atoms with Gasteiger partial charge in [0.1, 0.15) is 0 Å². The molecule has 0 atom stereocenters. The van der Waals surface area contributed by atoms with Crippen LogP contribution < -0.4 is 16.0 Å². The second-order valence-electron chi connectivity index (χ2n) is 10.8. The van der Waals surface area contributed by atoms with Crippen LogP contribution in [0, 0.1) is 0 Å². The molecule has 3 N–H and O–H groups in total. The largest absolute Gasteiger partial charge is 0.322 e. The molecule has 1 aliphatic carbocycles. The average Bonchev–Trinajstić information content (AvgIpc) is 3.10. The number of nitrogens with zero attached hydrogens (tertiary/aromatic N) is 2. The van der Waals surface area contributed by atoms with Gasteiger partial charge in [-0.3, -0.25) is 24.0 Å². The third-order valence-electron chi connectivity index (χ3n) is 7.49. The minimum Gasteiger partial charge on any atom is -0.322 e. The van der Waals surface area contributed by atoms with Gasteiger partial charge in [0.05, 0.1) is 43.9 Å². The molecule has 14 heteroatoms. The number of fused-ring (bicyclic) bond motifs is 2. The van der Waals surface area contributed by atoms with Crippen molar-refractivity contribution in [1.82, 2.24) is 0 Å². The van der Waals surface area contributed by atoms with Gasteiger partial charge in [0.15, 0.2) is 11.6 Å². The van der Waals surface area contributed by atoms with Crippen LogP contribution in [-0.4, -0.2) is 35.3 Å². The van der Waals surface area contributed by atoms with E-state index in [4.69, 9.17) is 46.4 Å². The fourth-order valence-corrected chi connectivity index (χ4v) is 6.03. The maximum atomic E-state index is 13.9. The monoisotopic (exact) mass is 743 g/mol. The number of hydrogen-bond acceptors (Lipinski definition) is 7.